The molecular weight excluding hydrogens is 496 g/mol. The number of nitrogens with one attached hydrogen (secondary N) is 2. The molecule has 2 N–H and O–H groups in total. The number of rotatable bonds is 9. The number of esters is 1. The molecule has 39 heavy (non-hydrogen) atoms. The van der Waals surface area contributed by atoms with Gasteiger partial charge in [-0.25, -0.2) is 10.2 Å². The molecule has 0 aliphatic heterocycles. The number of anilines is 1. The molecule has 0 atom stereocenters. The molecule has 196 valence electrons. The number of amides is 2. The number of benzene rings is 3. The fraction of sp³-hybridized carbons (Fsp3) is 0.0667. The van der Waals surface area contributed by atoms with E-state index in [-0.39, 0.29) is 11.5 Å². The highest BCUT2D eigenvalue weighted by atomic mass is 16.5. The minimum Gasteiger partial charge on any atom is -0.457 e. The number of carbonyl (C=O) groups is 3. The molecule has 1 heterocycles. The molecule has 0 radical (unpaired) electrons. The van der Waals surface area contributed by atoms with E-state index in [1.165, 1.54) is 18.5 Å². The van der Waals surface area contributed by atoms with Gasteiger partial charge in [-0.15, -0.1) is 0 Å². The maximum atomic E-state index is 13.0. The van der Waals surface area contributed by atoms with Gasteiger partial charge < -0.3 is 19.4 Å². The molecule has 4 rings (SSSR count). The average Bonchev–Trinajstić information content (AvgIpc) is 3.50. The van der Waals surface area contributed by atoms with Crippen LogP contribution in [0.15, 0.2) is 112 Å². The van der Waals surface area contributed by atoms with Crippen molar-refractivity contribution in [1.29, 1.82) is 0 Å². The normalized spacial score (nSPS) is 11.2. The quantitative estimate of drug-likeness (QED) is 0.110. The summed E-state index contributed by atoms with van der Waals surface area (Å²) in [5, 5.41) is 6.68. The SMILES string of the molecule is CN(C)c1ccc(/C=C(\NC(=O)c2ccccc2)C(=O)N/N=C/c2ccc(OC(=O)c3ccco3)cc2)cc1. The van der Waals surface area contributed by atoms with Gasteiger partial charge in [-0.2, -0.15) is 5.10 Å². The number of carbonyl (C=O) groups excluding carboxylic acids is 3. The average molecular weight is 523 g/mol. The van der Waals surface area contributed by atoms with Gasteiger partial charge in [0.15, 0.2) is 0 Å². The molecule has 1 aromatic heterocycles. The van der Waals surface area contributed by atoms with Crippen LogP contribution in [0.5, 0.6) is 5.75 Å². The zero-order valence-corrected chi connectivity index (χ0v) is 21.3. The van der Waals surface area contributed by atoms with Crippen molar-refractivity contribution in [2.24, 2.45) is 5.10 Å². The van der Waals surface area contributed by atoms with Crippen LogP contribution in [0, 0.1) is 0 Å². The molecule has 4 aromatic rings. The minimum atomic E-state index is -0.609. The van der Waals surface area contributed by atoms with E-state index in [2.05, 4.69) is 15.8 Å². The van der Waals surface area contributed by atoms with E-state index in [0.717, 1.165) is 11.3 Å². The van der Waals surface area contributed by atoms with Crippen molar-refractivity contribution < 1.29 is 23.5 Å². The number of nitrogens with zero attached hydrogens (tertiary/aromatic N) is 2. The molecule has 9 heteroatoms. The third kappa shape index (κ3) is 7.53. The minimum absolute atomic E-state index is 0.0267. The first-order valence-electron chi connectivity index (χ1n) is 11.9. The Labute approximate surface area is 225 Å². The van der Waals surface area contributed by atoms with Gasteiger partial charge in [0.25, 0.3) is 11.8 Å². The predicted octanol–water partition coefficient (Wildman–Crippen LogP) is 4.49. The molecule has 0 unspecified atom stereocenters. The fourth-order valence-corrected chi connectivity index (χ4v) is 3.38. The van der Waals surface area contributed by atoms with Crippen molar-refractivity contribution in [3.05, 3.63) is 125 Å². The molecule has 9 nitrogen and oxygen atoms in total. The Morgan fingerprint density at radius 1 is 0.846 bits per heavy atom. The van der Waals surface area contributed by atoms with Gasteiger partial charge in [0.2, 0.25) is 5.76 Å². The fourth-order valence-electron chi connectivity index (χ4n) is 3.38. The smallest absolute Gasteiger partial charge is 0.379 e. The van der Waals surface area contributed by atoms with Gasteiger partial charge in [-0.05, 0) is 77.9 Å². The highest BCUT2D eigenvalue weighted by Crippen LogP contribution is 2.16. The lowest BCUT2D eigenvalue weighted by molar-refractivity contribution is -0.117. The molecule has 0 aliphatic carbocycles. The predicted molar refractivity (Wildman–Crippen MR) is 148 cm³/mol. The summed E-state index contributed by atoms with van der Waals surface area (Å²) in [7, 11) is 3.87. The standard InChI is InChI=1S/C30H26N4O5/c1-34(2)24-14-10-21(11-15-24)19-26(32-28(35)23-7-4-3-5-8-23)29(36)33-31-20-22-12-16-25(17-13-22)39-30(37)27-9-6-18-38-27/h3-20H,1-2H3,(H,32,35)(H,33,36)/b26-19-,31-20+. The number of hydrogen-bond acceptors (Lipinski definition) is 7. The van der Waals surface area contributed by atoms with E-state index in [1.807, 2.05) is 43.3 Å². The molecule has 0 fully saturated rings. The molecule has 2 amide bonds. The third-order valence-electron chi connectivity index (χ3n) is 5.44. The van der Waals surface area contributed by atoms with E-state index in [0.29, 0.717) is 16.9 Å². The highest BCUT2D eigenvalue weighted by molar-refractivity contribution is 6.05. The Morgan fingerprint density at radius 3 is 2.18 bits per heavy atom. The van der Waals surface area contributed by atoms with Crippen LogP contribution < -0.4 is 20.4 Å². The summed E-state index contributed by atoms with van der Waals surface area (Å²) in [4.78, 5) is 39.7. The summed E-state index contributed by atoms with van der Waals surface area (Å²) < 4.78 is 10.3. The Kier molecular flexibility index (Phi) is 8.66. The number of furan rings is 1. The van der Waals surface area contributed by atoms with Crippen molar-refractivity contribution in [1.82, 2.24) is 10.7 Å². The van der Waals surface area contributed by atoms with E-state index in [4.69, 9.17) is 9.15 Å². The first-order chi connectivity index (χ1) is 18.9. The molecular formula is C30H26N4O5. The lowest BCUT2D eigenvalue weighted by Gasteiger charge is -2.12. The van der Waals surface area contributed by atoms with E-state index >= 15 is 0 Å². The summed E-state index contributed by atoms with van der Waals surface area (Å²) in [5.74, 6) is -1.21. The van der Waals surface area contributed by atoms with Crippen molar-refractivity contribution in [3.63, 3.8) is 0 Å². The van der Waals surface area contributed by atoms with Gasteiger partial charge in [-0.3, -0.25) is 9.59 Å². The van der Waals surface area contributed by atoms with Gasteiger partial charge in [0, 0.05) is 25.3 Å². The summed E-state index contributed by atoms with van der Waals surface area (Å²) >= 11 is 0. The van der Waals surface area contributed by atoms with Crippen molar-refractivity contribution in [2.75, 3.05) is 19.0 Å². The van der Waals surface area contributed by atoms with Crippen LogP contribution in [0.3, 0.4) is 0 Å². The molecule has 0 saturated carbocycles. The third-order valence-corrected chi connectivity index (χ3v) is 5.44. The number of hydrogen-bond donors (Lipinski definition) is 2. The second-order valence-corrected chi connectivity index (χ2v) is 8.50. The second-order valence-electron chi connectivity index (χ2n) is 8.50. The Bertz CT molecular complexity index is 1470. The van der Waals surface area contributed by atoms with Gasteiger partial charge in [0.05, 0.1) is 12.5 Å². The summed E-state index contributed by atoms with van der Waals surface area (Å²) in [6.45, 7) is 0. The monoisotopic (exact) mass is 522 g/mol. The first-order valence-corrected chi connectivity index (χ1v) is 11.9. The number of hydrazone groups is 1. The zero-order valence-electron chi connectivity index (χ0n) is 21.3. The van der Waals surface area contributed by atoms with Crippen molar-refractivity contribution >= 4 is 35.8 Å². The number of ether oxygens (including phenoxy) is 1. The van der Waals surface area contributed by atoms with Crippen LogP contribution in [0.25, 0.3) is 6.08 Å². The summed E-state index contributed by atoms with van der Waals surface area (Å²) in [5.41, 5.74) is 5.25. The van der Waals surface area contributed by atoms with E-state index in [1.54, 1.807) is 66.7 Å². The lowest BCUT2D eigenvalue weighted by Crippen LogP contribution is -2.32. The van der Waals surface area contributed by atoms with Crippen LogP contribution in [-0.2, 0) is 4.79 Å². The van der Waals surface area contributed by atoms with E-state index in [9.17, 15) is 14.4 Å². The molecule has 0 aliphatic rings. The largest absolute Gasteiger partial charge is 0.457 e. The maximum absolute atomic E-state index is 13.0. The topological polar surface area (TPSA) is 113 Å². The van der Waals surface area contributed by atoms with Crippen LogP contribution in [0.2, 0.25) is 0 Å². The molecule has 0 bridgehead atoms. The van der Waals surface area contributed by atoms with Crippen LogP contribution >= 0.6 is 0 Å². The Hall–Kier alpha value is -5.44. The van der Waals surface area contributed by atoms with Gasteiger partial charge in [-0.1, -0.05) is 30.3 Å². The highest BCUT2D eigenvalue weighted by Gasteiger charge is 2.15. The first kappa shape index (κ1) is 26.6. The van der Waals surface area contributed by atoms with Crippen LogP contribution in [0.1, 0.15) is 32.0 Å². The van der Waals surface area contributed by atoms with Crippen LogP contribution in [-0.4, -0.2) is 38.1 Å². The molecule has 3 aromatic carbocycles. The van der Waals surface area contributed by atoms with Gasteiger partial charge >= 0.3 is 5.97 Å². The zero-order chi connectivity index (χ0) is 27.6. The summed E-state index contributed by atoms with van der Waals surface area (Å²) in [6.07, 6.45) is 4.39. The Balaban J connectivity index is 1.44. The van der Waals surface area contributed by atoms with Crippen molar-refractivity contribution in [3.8, 4) is 5.75 Å². The summed E-state index contributed by atoms with van der Waals surface area (Å²) in [6, 6.07) is 25.7. The van der Waals surface area contributed by atoms with Crippen molar-refractivity contribution in [2.45, 2.75) is 0 Å². The lowest BCUT2D eigenvalue weighted by atomic mass is 10.1. The second kappa shape index (κ2) is 12.7. The maximum Gasteiger partial charge on any atom is 0.379 e. The van der Waals surface area contributed by atoms with E-state index < -0.39 is 17.8 Å². The molecule has 0 saturated heterocycles. The van der Waals surface area contributed by atoms with Crippen LogP contribution in [0.4, 0.5) is 5.69 Å². The Morgan fingerprint density at radius 2 is 1.54 bits per heavy atom. The molecule has 0 spiro atoms. The van der Waals surface area contributed by atoms with Gasteiger partial charge in [0.1, 0.15) is 11.4 Å².